The molecule has 28 heavy (non-hydrogen) atoms. The van der Waals surface area contributed by atoms with E-state index in [1.807, 2.05) is 0 Å². The number of amides is 1. The molecule has 0 saturated carbocycles. The van der Waals surface area contributed by atoms with E-state index in [4.69, 9.17) is 4.74 Å². The van der Waals surface area contributed by atoms with E-state index in [-0.39, 0.29) is 20.6 Å². The third-order valence-corrected chi connectivity index (χ3v) is 7.96. The number of nitrogens with zero attached hydrogens (tertiary/aromatic N) is 1. The van der Waals surface area contributed by atoms with E-state index in [2.05, 4.69) is 5.32 Å². The van der Waals surface area contributed by atoms with Gasteiger partial charge in [0, 0.05) is 23.5 Å². The van der Waals surface area contributed by atoms with Crippen molar-refractivity contribution in [1.29, 1.82) is 0 Å². The molecule has 1 fully saturated rings. The standard InChI is InChI=1S/C19H22N2O5S2/c1-20-12-14-8-9-17(27-14)28(24,25)15-6-3-5-13(11-15)18(22)21-10-4-7-16(21)19(23)26-2/h3,5-6,8-9,11,16,20H,4,7,10,12H2,1-2H3/t16-/m1/s1. The molecule has 1 aromatic carbocycles. The summed E-state index contributed by atoms with van der Waals surface area (Å²) in [6, 6.07) is 8.69. The van der Waals surface area contributed by atoms with Crippen LogP contribution in [-0.2, 0) is 25.9 Å². The molecule has 0 radical (unpaired) electrons. The normalized spacial score (nSPS) is 16.9. The number of esters is 1. The largest absolute Gasteiger partial charge is 0.467 e. The summed E-state index contributed by atoms with van der Waals surface area (Å²) in [5, 5.41) is 2.99. The van der Waals surface area contributed by atoms with Crippen LogP contribution in [0.3, 0.4) is 0 Å². The molecule has 0 bridgehead atoms. The summed E-state index contributed by atoms with van der Waals surface area (Å²) >= 11 is 1.20. The summed E-state index contributed by atoms with van der Waals surface area (Å²) in [6.45, 7) is 1.02. The van der Waals surface area contributed by atoms with Crippen LogP contribution in [0.25, 0.3) is 0 Å². The van der Waals surface area contributed by atoms with Crippen LogP contribution in [0, 0.1) is 0 Å². The summed E-state index contributed by atoms with van der Waals surface area (Å²) in [7, 11) is -0.636. The highest BCUT2D eigenvalue weighted by Gasteiger charge is 2.35. The Morgan fingerprint density at radius 2 is 2.07 bits per heavy atom. The number of ether oxygens (including phenoxy) is 1. The van der Waals surface area contributed by atoms with Crippen LogP contribution in [0.5, 0.6) is 0 Å². The van der Waals surface area contributed by atoms with Gasteiger partial charge in [-0.15, -0.1) is 11.3 Å². The number of rotatable bonds is 6. The quantitative estimate of drug-likeness (QED) is 0.717. The molecule has 0 aliphatic carbocycles. The lowest BCUT2D eigenvalue weighted by Crippen LogP contribution is -2.41. The second-order valence-corrected chi connectivity index (χ2v) is 9.81. The van der Waals surface area contributed by atoms with Gasteiger partial charge >= 0.3 is 5.97 Å². The zero-order chi connectivity index (χ0) is 20.3. The van der Waals surface area contributed by atoms with Crippen LogP contribution < -0.4 is 5.32 Å². The number of carbonyl (C=O) groups is 2. The highest BCUT2D eigenvalue weighted by Crippen LogP contribution is 2.29. The molecule has 9 heteroatoms. The molecule has 3 rings (SSSR count). The molecule has 1 atom stereocenters. The zero-order valence-corrected chi connectivity index (χ0v) is 17.3. The van der Waals surface area contributed by atoms with Crippen molar-refractivity contribution in [3.8, 4) is 0 Å². The Kier molecular flexibility index (Phi) is 6.17. The van der Waals surface area contributed by atoms with E-state index >= 15 is 0 Å². The van der Waals surface area contributed by atoms with Crippen molar-refractivity contribution < 1.29 is 22.7 Å². The first kappa shape index (κ1) is 20.5. The molecule has 1 aromatic heterocycles. The molecule has 1 amide bonds. The van der Waals surface area contributed by atoms with Crippen LogP contribution in [0.4, 0.5) is 0 Å². The van der Waals surface area contributed by atoms with Crippen LogP contribution in [0.2, 0.25) is 0 Å². The Balaban J connectivity index is 1.89. The average molecular weight is 423 g/mol. The van der Waals surface area contributed by atoms with E-state index in [1.165, 1.54) is 35.5 Å². The van der Waals surface area contributed by atoms with E-state index in [9.17, 15) is 18.0 Å². The molecular weight excluding hydrogens is 400 g/mol. The number of methoxy groups -OCH3 is 1. The van der Waals surface area contributed by atoms with Crippen LogP contribution in [0.15, 0.2) is 45.5 Å². The molecule has 2 aromatic rings. The predicted molar refractivity (Wildman–Crippen MR) is 105 cm³/mol. The summed E-state index contributed by atoms with van der Waals surface area (Å²) in [5.41, 5.74) is 0.240. The van der Waals surface area contributed by atoms with Gasteiger partial charge in [-0.3, -0.25) is 4.79 Å². The predicted octanol–water partition coefficient (Wildman–Crippen LogP) is 2.08. The summed E-state index contributed by atoms with van der Waals surface area (Å²) in [6.07, 6.45) is 1.24. The number of nitrogens with one attached hydrogen (secondary N) is 1. The Labute approximate surface area is 168 Å². The van der Waals surface area contributed by atoms with Crippen molar-refractivity contribution in [1.82, 2.24) is 10.2 Å². The Morgan fingerprint density at radius 3 is 2.79 bits per heavy atom. The zero-order valence-electron chi connectivity index (χ0n) is 15.7. The second-order valence-electron chi connectivity index (χ2n) is 6.46. The first-order valence-electron chi connectivity index (χ1n) is 8.85. The van der Waals surface area contributed by atoms with E-state index in [1.54, 1.807) is 31.3 Å². The lowest BCUT2D eigenvalue weighted by molar-refractivity contribution is -0.145. The minimum Gasteiger partial charge on any atom is -0.467 e. The Bertz CT molecular complexity index is 984. The van der Waals surface area contributed by atoms with E-state index < -0.39 is 21.8 Å². The van der Waals surface area contributed by atoms with Gasteiger partial charge in [-0.05, 0) is 50.2 Å². The summed E-state index contributed by atoms with van der Waals surface area (Å²) < 4.78 is 30.9. The van der Waals surface area contributed by atoms with E-state index in [0.717, 1.165) is 4.88 Å². The van der Waals surface area contributed by atoms with Crippen LogP contribution >= 0.6 is 11.3 Å². The van der Waals surface area contributed by atoms with Crippen molar-refractivity contribution in [2.45, 2.75) is 34.5 Å². The number of hydrogen-bond acceptors (Lipinski definition) is 7. The summed E-state index contributed by atoms with van der Waals surface area (Å²) in [4.78, 5) is 27.2. The van der Waals surface area contributed by atoms with Gasteiger partial charge in [0.25, 0.3) is 5.91 Å². The minimum absolute atomic E-state index is 0.0602. The number of likely N-dealkylation sites (tertiary alicyclic amines) is 1. The van der Waals surface area contributed by atoms with Crippen molar-refractivity contribution in [3.05, 3.63) is 46.8 Å². The Hall–Kier alpha value is -2.23. The molecule has 0 spiro atoms. The highest BCUT2D eigenvalue weighted by atomic mass is 32.2. The SMILES string of the molecule is CNCc1ccc(S(=O)(=O)c2cccc(C(=O)N3CCC[C@@H]3C(=O)OC)c2)s1. The second kappa shape index (κ2) is 8.42. The van der Waals surface area contributed by atoms with Gasteiger partial charge in [-0.1, -0.05) is 6.07 Å². The minimum atomic E-state index is -3.72. The van der Waals surface area contributed by atoms with Crippen LogP contribution in [0.1, 0.15) is 28.1 Å². The molecule has 2 heterocycles. The lowest BCUT2D eigenvalue weighted by atomic mass is 10.1. The third kappa shape index (κ3) is 3.96. The van der Waals surface area contributed by atoms with Gasteiger partial charge in [-0.25, -0.2) is 13.2 Å². The molecular formula is C19H22N2O5S2. The molecule has 150 valence electrons. The number of carbonyl (C=O) groups excluding carboxylic acids is 2. The first-order valence-corrected chi connectivity index (χ1v) is 11.2. The fourth-order valence-corrected chi connectivity index (χ4v) is 6.06. The maximum Gasteiger partial charge on any atom is 0.328 e. The smallest absolute Gasteiger partial charge is 0.328 e. The lowest BCUT2D eigenvalue weighted by Gasteiger charge is -2.22. The number of thiophene rings is 1. The fourth-order valence-electron chi connectivity index (χ4n) is 3.24. The monoisotopic (exact) mass is 422 g/mol. The number of sulfone groups is 1. The number of hydrogen-bond donors (Lipinski definition) is 1. The molecule has 1 aliphatic heterocycles. The average Bonchev–Trinajstić information content (AvgIpc) is 3.37. The molecule has 1 N–H and O–H groups in total. The topological polar surface area (TPSA) is 92.8 Å². The maximum absolute atomic E-state index is 13.0. The van der Waals surface area contributed by atoms with E-state index in [0.29, 0.717) is 25.9 Å². The highest BCUT2D eigenvalue weighted by molar-refractivity contribution is 7.93. The summed E-state index contributed by atoms with van der Waals surface area (Å²) in [5.74, 6) is -0.822. The van der Waals surface area contributed by atoms with Gasteiger partial charge in [0.1, 0.15) is 10.3 Å². The van der Waals surface area contributed by atoms with Crippen molar-refractivity contribution in [3.63, 3.8) is 0 Å². The first-order chi connectivity index (χ1) is 13.4. The van der Waals surface area contributed by atoms with Crippen molar-refractivity contribution in [2.24, 2.45) is 0 Å². The molecule has 1 aliphatic rings. The van der Waals surface area contributed by atoms with Gasteiger partial charge in [0.15, 0.2) is 0 Å². The van der Waals surface area contributed by atoms with Crippen LogP contribution in [-0.4, -0.2) is 51.9 Å². The van der Waals surface area contributed by atoms with Gasteiger partial charge in [0.2, 0.25) is 9.84 Å². The van der Waals surface area contributed by atoms with Crippen molar-refractivity contribution >= 4 is 33.1 Å². The number of benzene rings is 1. The molecule has 0 unspecified atom stereocenters. The maximum atomic E-state index is 13.0. The van der Waals surface area contributed by atoms with Gasteiger partial charge in [0.05, 0.1) is 12.0 Å². The molecule has 7 nitrogen and oxygen atoms in total. The van der Waals surface area contributed by atoms with Gasteiger partial charge < -0.3 is 15.0 Å². The van der Waals surface area contributed by atoms with Gasteiger partial charge in [-0.2, -0.15) is 0 Å². The third-order valence-electron chi connectivity index (χ3n) is 4.63. The Morgan fingerprint density at radius 1 is 1.29 bits per heavy atom. The molecule has 1 saturated heterocycles. The fraction of sp³-hybridized carbons (Fsp3) is 0.368. The van der Waals surface area contributed by atoms with Crippen molar-refractivity contribution in [2.75, 3.05) is 20.7 Å².